The van der Waals surface area contributed by atoms with Crippen LogP contribution < -0.4 is 19.7 Å². The lowest BCUT2D eigenvalue weighted by Gasteiger charge is -2.36. The van der Waals surface area contributed by atoms with Gasteiger partial charge in [-0.2, -0.15) is 0 Å². The molecule has 1 amide bonds. The van der Waals surface area contributed by atoms with E-state index >= 15 is 0 Å². The van der Waals surface area contributed by atoms with E-state index in [0.717, 1.165) is 36.9 Å². The average Bonchev–Trinajstić information content (AvgIpc) is 2.71. The minimum absolute atomic E-state index is 0.131. The number of methoxy groups -OCH3 is 2. The van der Waals surface area contributed by atoms with Gasteiger partial charge >= 0.3 is 0 Å². The summed E-state index contributed by atoms with van der Waals surface area (Å²) in [6.45, 7) is 4.05. The van der Waals surface area contributed by atoms with Gasteiger partial charge in [0.15, 0.2) is 11.5 Å². The quantitative estimate of drug-likeness (QED) is 0.823. The maximum absolute atomic E-state index is 12.4. The molecule has 1 aliphatic heterocycles. The summed E-state index contributed by atoms with van der Waals surface area (Å²) in [7, 11) is 3.12. The summed E-state index contributed by atoms with van der Waals surface area (Å²) in [5, 5.41) is 3.72. The Bertz CT molecular complexity index is 792. The number of nitrogens with one attached hydrogen (secondary N) is 1. The van der Waals surface area contributed by atoms with Crippen LogP contribution in [0.1, 0.15) is 10.4 Å². The van der Waals surface area contributed by atoms with Crippen LogP contribution in [0.2, 0.25) is 5.02 Å². The summed E-state index contributed by atoms with van der Waals surface area (Å²) in [5.41, 5.74) is 1.68. The number of anilines is 1. The molecule has 0 aliphatic carbocycles. The van der Waals surface area contributed by atoms with E-state index in [1.165, 1.54) is 0 Å². The average molecular weight is 390 g/mol. The number of amides is 1. The van der Waals surface area contributed by atoms with Crippen molar-refractivity contribution in [2.75, 3.05) is 52.0 Å². The first-order valence-corrected chi connectivity index (χ1v) is 9.21. The second-order valence-electron chi connectivity index (χ2n) is 6.32. The lowest BCUT2D eigenvalue weighted by molar-refractivity contribution is 0.0919. The third-order valence-corrected chi connectivity index (χ3v) is 4.89. The molecule has 2 aromatic carbocycles. The van der Waals surface area contributed by atoms with E-state index < -0.39 is 0 Å². The van der Waals surface area contributed by atoms with Crippen LogP contribution in [0.5, 0.6) is 11.5 Å². The minimum Gasteiger partial charge on any atom is -0.493 e. The third kappa shape index (κ3) is 4.84. The van der Waals surface area contributed by atoms with Crippen LogP contribution in [0.15, 0.2) is 42.5 Å². The molecule has 1 aliphatic rings. The van der Waals surface area contributed by atoms with Crippen molar-refractivity contribution in [1.29, 1.82) is 0 Å². The molecule has 0 bridgehead atoms. The summed E-state index contributed by atoms with van der Waals surface area (Å²) in [4.78, 5) is 16.9. The number of ether oxygens (including phenoxy) is 2. The van der Waals surface area contributed by atoms with Gasteiger partial charge in [0.2, 0.25) is 0 Å². The van der Waals surface area contributed by atoms with Crippen LogP contribution in [0.3, 0.4) is 0 Å². The van der Waals surface area contributed by atoms with Crippen LogP contribution in [0, 0.1) is 0 Å². The molecule has 0 spiro atoms. The second kappa shape index (κ2) is 8.97. The number of carbonyl (C=O) groups excluding carboxylic acids is 1. The largest absolute Gasteiger partial charge is 0.493 e. The van der Waals surface area contributed by atoms with Crippen molar-refractivity contribution in [3.63, 3.8) is 0 Å². The normalized spacial score (nSPS) is 14.7. The monoisotopic (exact) mass is 389 g/mol. The number of rotatable bonds is 6. The molecule has 144 valence electrons. The number of benzene rings is 2. The standard InChI is InChI=1S/C20H24ClN3O3/c1-26-18-7-6-15(12-19(18)27-2)20(25)22-14-23-8-10-24(11-9-23)17-5-3-4-16(21)13-17/h3-7,12-13H,8-11,14H2,1-2H3,(H,22,25). The molecule has 1 saturated heterocycles. The lowest BCUT2D eigenvalue weighted by Crippen LogP contribution is -2.50. The van der Waals surface area contributed by atoms with Gasteiger partial charge in [0, 0.05) is 42.5 Å². The molecule has 2 aromatic rings. The highest BCUT2D eigenvalue weighted by molar-refractivity contribution is 6.30. The first-order chi connectivity index (χ1) is 13.1. The van der Waals surface area contributed by atoms with Crippen LogP contribution in [-0.2, 0) is 0 Å². The molecule has 1 fully saturated rings. The Hall–Kier alpha value is -2.44. The Kier molecular flexibility index (Phi) is 6.42. The number of carbonyl (C=O) groups is 1. The van der Waals surface area contributed by atoms with E-state index in [1.807, 2.05) is 18.2 Å². The van der Waals surface area contributed by atoms with Crippen LogP contribution in [-0.4, -0.2) is 57.9 Å². The Labute approximate surface area is 164 Å². The molecule has 1 heterocycles. The maximum atomic E-state index is 12.4. The van der Waals surface area contributed by atoms with Gasteiger partial charge in [-0.15, -0.1) is 0 Å². The summed E-state index contributed by atoms with van der Waals surface area (Å²) < 4.78 is 10.5. The summed E-state index contributed by atoms with van der Waals surface area (Å²) >= 11 is 6.07. The Morgan fingerprint density at radius 2 is 1.78 bits per heavy atom. The van der Waals surface area contributed by atoms with Crippen molar-refractivity contribution in [3.05, 3.63) is 53.1 Å². The van der Waals surface area contributed by atoms with Crippen LogP contribution >= 0.6 is 11.6 Å². The van der Waals surface area contributed by atoms with E-state index in [2.05, 4.69) is 21.2 Å². The van der Waals surface area contributed by atoms with Crippen molar-refractivity contribution in [1.82, 2.24) is 10.2 Å². The zero-order valence-corrected chi connectivity index (χ0v) is 16.3. The lowest BCUT2D eigenvalue weighted by atomic mass is 10.2. The Morgan fingerprint density at radius 3 is 2.44 bits per heavy atom. The number of nitrogens with zero attached hydrogens (tertiary/aromatic N) is 2. The van der Waals surface area contributed by atoms with Gasteiger partial charge in [-0.05, 0) is 36.4 Å². The fourth-order valence-corrected chi connectivity index (χ4v) is 3.28. The molecule has 0 unspecified atom stereocenters. The van der Waals surface area contributed by atoms with E-state index in [1.54, 1.807) is 32.4 Å². The molecule has 0 atom stereocenters. The van der Waals surface area contributed by atoms with Gasteiger partial charge in [-0.3, -0.25) is 9.69 Å². The molecule has 0 aromatic heterocycles. The number of halogens is 1. The minimum atomic E-state index is -0.131. The number of hydrogen-bond donors (Lipinski definition) is 1. The van der Waals surface area contributed by atoms with Gasteiger partial charge < -0.3 is 19.7 Å². The fraction of sp³-hybridized carbons (Fsp3) is 0.350. The van der Waals surface area contributed by atoms with Gasteiger partial charge in [-0.1, -0.05) is 17.7 Å². The molecule has 3 rings (SSSR count). The molecule has 7 heteroatoms. The number of hydrogen-bond acceptors (Lipinski definition) is 5. The smallest absolute Gasteiger partial charge is 0.252 e. The SMILES string of the molecule is COc1ccc(C(=O)NCN2CCN(c3cccc(Cl)c3)CC2)cc1OC. The number of piperazine rings is 1. The highest BCUT2D eigenvalue weighted by atomic mass is 35.5. The van der Waals surface area contributed by atoms with Gasteiger partial charge in [0.25, 0.3) is 5.91 Å². The van der Waals surface area contributed by atoms with Crippen molar-refractivity contribution in [3.8, 4) is 11.5 Å². The van der Waals surface area contributed by atoms with E-state index in [-0.39, 0.29) is 5.91 Å². The van der Waals surface area contributed by atoms with Crippen molar-refractivity contribution < 1.29 is 14.3 Å². The Balaban J connectivity index is 1.50. The second-order valence-corrected chi connectivity index (χ2v) is 6.76. The predicted octanol–water partition coefficient (Wildman–Crippen LogP) is 2.87. The van der Waals surface area contributed by atoms with Gasteiger partial charge in [0.05, 0.1) is 20.9 Å². The molecule has 0 radical (unpaired) electrons. The van der Waals surface area contributed by atoms with Crippen molar-refractivity contribution in [2.45, 2.75) is 0 Å². The van der Waals surface area contributed by atoms with Gasteiger partial charge in [0.1, 0.15) is 0 Å². The third-order valence-electron chi connectivity index (χ3n) is 4.65. The first-order valence-electron chi connectivity index (χ1n) is 8.84. The summed E-state index contributed by atoms with van der Waals surface area (Å²) in [5.74, 6) is 1.01. The fourth-order valence-electron chi connectivity index (χ4n) is 3.10. The maximum Gasteiger partial charge on any atom is 0.252 e. The highest BCUT2D eigenvalue weighted by Crippen LogP contribution is 2.27. The van der Waals surface area contributed by atoms with Crippen LogP contribution in [0.25, 0.3) is 0 Å². The first kappa shape index (κ1) is 19.3. The van der Waals surface area contributed by atoms with Crippen molar-refractivity contribution in [2.24, 2.45) is 0 Å². The van der Waals surface area contributed by atoms with Gasteiger partial charge in [-0.25, -0.2) is 0 Å². The molecular formula is C20H24ClN3O3. The predicted molar refractivity (Wildman–Crippen MR) is 107 cm³/mol. The molecular weight excluding hydrogens is 366 g/mol. The molecule has 0 saturated carbocycles. The molecule has 27 heavy (non-hydrogen) atoms. The topological polar surface area (TPSA) is 54.0 Å². The summed E-state index contributed by atoms with van der Waals surface area (Å²) in [6, 6.07) is 13.0. The molecule has 1 N–H and O–H groups in total. The van der Waals surface area contributed by atoms with E-state index in [0.29, 0.717) is 23.7 Å². The summed E-state index contributed by atoms with van der Waals surface area (Å²) in [6.07, 6.45) is 0. The van der Waals surface area contributed by atoms with Crippen LogP contribution in [0.4, 0.5) is 5.69 Å². The molecule has 6 nitrogen and oxygen atoms in total. The van der Waals surface area contributed by atoms with E-state index in [9.17, 15) is 4.79 Å². The zero-order valence-electron chi connectivity index (χ0n) is 15.6. The van der Waals surface area contributed by atoms with Crippen molar-refractivity contribution >= 4 is 23.2 Å². The highest BCUT2D eigenvalue weighted by Gasteiger charge is 2.18. The zero-order chi connectivity index (χ0) is 19.2. The Morgan fingerprint density at radius 1 is 1.04 bits per heavy atom. The van der Waals surface area contributed by atoms with E-state index in [4.69, 9.17) is 21.1 Å².